The first-order chi connectivity index (χ1) is 9.50. The molecular formula is C16H26N2OS. The monoisotopic (exact) mass is 294 g/mol. The molecule has 1 aliphatic heterocycles. The van der Waals surface area contributed by atoms with Crippen LogP contribution in [0.4, 0.5) is 0 Å². The maximum Gasteiger partial charge on any atom is 0.0844 e. The average Bonchev–Trinajstić information content (AvgIpc) is 3.03. The fourth-order valence-corrected chi connectivity index (χ4v) is 5.06. The zero-order chi connectivity index (χ0) is 14.2. The Kier molecular flexibility index (Phi) is 3.89. The van der Waals surface area contributed by atoms with E-state index in [-0.39, 0.29) is 5.41 Å². The van der Waals surface area contributed by atoms with Crippen molar-refractivity contribution in [1.82, 2.24) is 9.78 Å². The lowest BCUT2D eigenvalue weighted by molar-refractivity contribution is -0.0520. The Hall–Kier alpha value is -0.480. The fraction of sp³-hybridized carbons (Fsp3) is 0.812. The number of hydrogen-bond acceptors (Lipinski definition) is 3. The third-order valence-electron chi connectivity index (χ3n) is 5.31. The lowest BCUT2D eigenvalue weighted by Crippen LogP contribution is -2.51. The molecule has 1 atom stereocenters. The smallest absolute Gasteiger partial charge is 0.0844 e. The number of aromatic nitrogens is 2. The van der Waals surface area contributed by atoms with E-state index in [2.05, 4.69) is 30.8 Å². The molecule has 0 amide bonds. The summed E-state index contributed by atoms with van der Waals surface area (Å²) in [6, 6.07) is 2.69. The van der Waals surface area contributed by atoms with Gasteiger partial charge in [-0.2, -0.15) is 16.9 Å². The first kappa shape index (κ1) is 14.5. The highest BCUT2D eigenvalue weighted by atomic mass is 32.2. The minimum Gasteiger partial charge on any atom is -0.388 e. The van der Waals surface area contributed by atoms with Crippen LogP contribution in [0.2, 0.25) is 0 Å². The molecule has 1 unspecified atom stereocenters. The molecule has 2 heterocycles. The second-order valence-electron chi connectivity index (χ2n) is 7.12. The van der Waals surface area contributed by atoms with Gasteiger partial charge in [-0.1, -0.05) is 26.7 Å². The maximum atomic E-state index is 11.1. The van der Waals surface area contributed by atoms with Gasteiger partial charge in [0.2, 0.25) is 0 Å². The van der Waals surface area contributed by atoms with Crippen LogP contribution in [0.5, 0.6) is 0 Å². The van der Waals surface area contributed by atoms with Crippen molar-refractivity contribution in [2.75, 3.05) is 11.5 Å². The Bertz CT molecular complexity index is 465. The molecule has 1 aromatic heterocycles. The van der Waals surface area contributed by atoms with E-state index >= 15 is 0 Å². The molecule has 112 valence electrons. The largest absolute Gasteiger partial charge is 0.388 e. The van der Waals surface area contributed by atoms with Crippen LogP contribution in [0.3, 0.4) is 0 Å². The first-order valence-corrected chi connectivity index (χ1v) is 9.00. The van der Waals surface area contributed by atoms with E-state index in [4.69, 9.17) is 5.10 Å². The Morgan fingerprint density at radius 3 is 2.85 bits per heavy atom. The quantitative estimate of drug-likeness (QED) is 0.928. The van der Waals surface area contributed by atoms with Gasteiger partial charge in [0.05, 0.1) is 17.3 Å². The third kappa shape index (κ3) is 2.64. The molecule has 0 bridgehead atoms. The highest BCUT2D eigenvalue weighted by Gasteiger charge is 2.45. The van der Waals surface area contributed by atoms with Crippen molar-refractivity contribution < 1.29 is 5.11 Å². The van der Waals surface area contributed by atoms with E-state index in [1.807, 2.05) is 11.8 Å². The van der Waals surface area contributed by atoms with Crippen LogP contribution in [0.25, 0.3) is 0 Å². The highest BCUT2D eigenvalue weighted by molar-refractivity contribution is 7.99. The Morgan fingerprint density at radius 2 is 2.15 bits per heavy atom. The van der Waals surface area contributed by atoms with Crippen molar-refractivity contribution >= 4 is 11.8 Å². The van der Waals surface area contributed by atoms with Gasteiger partial charge >= 0.3 is 0 Å². The summed E-state index contributed by atoms with van der Waals surface area (Å²) in [5, 5.41) is 15.8. The van der Waals surface area contributed by atoms with Crippen LogP contribution < -0.4 is 0 Å². The first-order valence-electron chi connectivity index (χ1n) is 7.84. The summed E-state index contributed by atoms with van der Waals surface area (Å²) >= 11 is 1.87. The topological polar surface area (TPSA) is 38.0 Å². The second-order valence-corrected chi connectivity index (χ2v) is 8.23. The van der Waals surface area contributed by atoms with Crippen LogP contribution >= 0.6 is 11.8 Å². The summed E-state index contributed by atoms with van der Waals surface area (Å²) < 4.78 is 2.13. The molecule has 1 aliphatic carbocycles. The summed E-state index contributed by atoms with van der Waals surface area (Å²) in [6.45, 7) is 4.39. The van der Waals surface area contributed by atoms with Gasteiger partial charge in [0.25, 0.3) is 0 Å². The molecule has 1 saturated heterocycles. The van der Waals surface area contributed by atoms with Crippen molar-refractivity contribution in [1.29, 1.82) is 0 Å². The van der Waals surface area contributed by atoms with Crippen molar-refractivity contribution in [2.45, 2.75) is 64.0 Å². The molecule has 4 heteroatoms. The van der Waals surface area contributed by atoms with Gasteiger partial charge in [-0.3, -0.25) is 4.68 Å². The summed E-state index contributed by atoms with van der Waals surface area (Å²) in [5.41, 5.74) is 0.412. The predicted molar refractivity (Wildman–Crippen MR) is 84.1 cm³/mol. The van der Waals surface area contributed by atoms with Crippen molar-refractivity contribution in [3.05, 3.63) is 18.0 Å². The van der Waals surface area contributed by atoms with Crippen molar-refractivity contribution in [2.24, 2.45) is 5.41 Å². The molecule has 1 N–H and O–H groups in total. The molecule has 0 radical (unpaired) electrons. The Morgan fingerprint density at radius 1 is 1.40 bits per heavy atom. The summed E-state index contributed by atoms with van der Waals surface area (Å²) in [5.74, 6) is 1.99. The number of nitrogens with zero attached hydrogens (tertiary/aromatic N) is 2. The average molecular weight is 294 g/mol. The molecular weight excluding hydrogens is 268 g/mol. The SMILES string of the molecule is CC1(C)CCSCC1(O)Cc1ccn(C2CCCC2)n1. The number of aliphatic hydroxyl groups is 1. The molecule has 3 rings (SSSR count). The lowest BCUT2D eigenvalue weighted by atomic mass is 9.71. The standard InChI is InChI=1S/C16H26N2OS/c1-15(2)8-10-20-12-16(15,19)11-13-7-9-18(17-13)14-5-3-4-6-14/h7,9,14,19H,3-6,8,10-12H2,1-2H3. The molecule has 0 spiro atoms. The van der Waals surface area contributed by atoms with Crippen LogP contribution in [0.1, 0.15) is 57.7 Å². The third-order valence-corrected chi connectivity index (χ3v) is 6.48. The Labute approximate surface area is 126 Å². The van der Waals surface area contributed by atoms with E-state index in [9.17, 15) is 5.11 Å². The molecule has 0 aromatic carbocycles. The molecule has 2 aliphatic rings. The fourth-order valence-electron chi connectivity index (χ4n) is 3.43. The maximum absolute atomic E-state index is 11.1. The van der Waals surface area contributed by atoms with Crippen LogP contribution in [-0.2, 0) is 6.42 Å². The molecule has 1 aromatic rings. The van der Waals surface area contributed by atoms with Gasteiger partial charge in [0, 0.05) is 18.4 Å². The number of thioether (sulfide) groups is 1. The van der Waals surface area contributed by atoms with E-state index in [1.54, 1.807) is 0 Å². The predicted octanol–water partition coefficient (Wildman–Crippen LogP) is 3.43. The van der Waals surface area contributed by atoms with Gasteiger partial charge in [-0.25, -0.2) is 0 Å². The zero-order valence-electron chi connectivity index (χ0n) is 12.6. The van der Waals surface area contributed by atoms with Crippen LogP contribution in [0, 0.1) is 5.41 Å². The molecule has 1 saturated carbocycles. The second kappa shape index (κ2) is 5.38. The lowest BCUT2D eigenvalue weighted by Gasteiger charge is -2.46. The number of rotatable bonds is 3. The Balaban J connectivity index is 1.73. The van der Waals surface area contributed by atoms with Crippen LogP contribution in [-0.4, -0.2) is 32.0 Å². The van der Waals surface area contributed by atoms with Crippen molar-refractivity contribution in [3.8, 4) is 0 Å². The van der Waals surface area contributed by atoms with Gasteiger partial charge in [0.15, 0.2) is 0 Å². The van der Waals surface area contributed by atoms with E-state index < -0.39 is 5.60 Å². The van der Waals surface area contributed by atoms with Crippen LogP contribution in [0.15, 0.2) is 12.3 Å². The summed E-state index contributed by atoms with van der Waals surface area (Å²) in [7, 11) is 0. The van der Waals surface area contributed by atoms with Gasteiger partial charge < -0.3 is 5.11 Å². The minimum absolute atomic E-state index is 0.0185. The molecule has 3 nitrogen and oxygen atoms in total. The van der Waals surface area contributed by atoms with Gasteiger partial charge in [-0.15, -0.1) is 0 Å². The normalized spacial score (nSPS) is 30.8. The highest BCUT2D eigenvalue weighted by Crippen LogP contribution is 2.44. The zero-order valence-corrected chi connectivity index (χ0v) is 13.5. The van der Waals surface area contributed by atoms with E-state index in [1.165, 1.54) is 25.7 Å². The number of hydrogen-bond donors (Lipinski definition) is 1. The van der Waals surface area contributed by atoms with Crippen molar-refractivity contribution in [3.63, 3.8) is 0 Å². The van der Waals surface area contributed by atoms with E-state index in [0.29, 0.717) is 12.5 Å². The molecule has 20 heavy (non-hydrogen) atoms. The van der Waals surface area contributed by atoms with E-state index in [0.717, 1.165) is 23.6 Å². The summed E-state index contributed by atoms with van der Waals surface area (Å²) in [4.78, 5) is 0. The summed E-state index contributed by atoms with van der Waals surface area (Å²) in [6.07, 6.45) is 9.04. The molecule has 2 fully saturated rings. The minimum atomic E-state index is -0.620. The van der Waals surface area contributed by atoms with Gasteiger partial charge in [-0.05, 0) is 36.5 Å². The van der Waals surface area contributed by atoms with Gasteiger partial charge in [0.1, 0.15) is 0 Å².